The van der Waals surface area contributed by atoms with E-state index in [0.29, 0.717) is 30.0 Å². The Bertz CT molecular complexity index is 1160. The van der Waals surface area contributed by atoms with Crippen LogP contribution >= 0.6 is 0 Å². The van der Waals surface area contributed by atoms with Crippen LogP contribution in [0.5, 0.6) is 0 Å². The number of ether oxygens (including phenoxy) is 1. The molecular weight excluding hydrogens is 416 g/mol. The van der Waals surface area contributed by atoms with Gasteiger partial charge in [0.05, 0.1) is 13.2 Å². The molecule has 0 atom stereocenters. The minimum atomic E-state index is -0.145. The monoisotopic (exact) mass is 448 g/mol. The standard InChI is InChI=1S/C26H32N4O3/c1-4-30-23-8-7-22(28-25(31)20-6-5-18(2)19(3)15-20)16-21(23)17-24(30)26(32)27-9-10-29-11-13-33-14-12-29/h5-8,15-17H,4,9-14H2,1-3H3,(H,27,32)(H,28,31). The highest BCUT2D eigenvalue weighted by Crippen LogP contribution is 2.24. The van der Waals surface area contributed by atoms with E-state index in [1.165, 1.54) is 0 Å². The summed E-state index contributed by atoms with van der Waals surface area (Å²) in [7, 11) is 0. The van der Waals surface area contributed by atoms with Gasteiger partial charge in [0.1, 0.15) is 5.69 Å². The SMILES string of the molecule is CCn1c(C(=O)NCCN2CCOCC2)cc2cc(NC(=O)c3ccc(C)c(C)c3)ccc21. The predicted molar refractivity (Wildman–Crippen MR) is 131 cm³/mol. The second-order valence-corrected chi connectivity index (χ2v) is 8.51. The van der Waals surface area contributed by atoms with Gasteiger partial charge in [0.15, 0.2) is 0 Å². The Morgan fingerprint density at radius 3 is 2.48 bits per heavy atom. The van der Waals surface area contributed by atoms with Crippen molar-refractivity contribution >= 4 is 28.4 Å². The fraction of sp³-hybridized carbons (Fsp3) is 0.385. The van der Waals surface area contributed by atoms with E-state index in [-0.39, 0.29) is 11.8 Å². The highest BCUT2D eigenvalue weighted by Gasteiger charge is 2.17. The van der Waals surface area contributed by atoms with Crippen molar-refractivity contribution in [2.75, 3.05) is 44.7 Å². The maximum Gasteiger partial charge on any atom is 0.267 e. The average Bonchev–Trinajstić information content (AvgIpc) is 3.19. The van der Waals surface area contributed by atoms with Gasteiger partial charge in [0.2, 0.25) is 0 Å². The van der Waals surface area contributed by atoms with Crippen molar-refractivity contribution in [3.05, 3.63) is 64.8 Å². The first-order valence-electron chi connectivity index (χ1n) is 11.6. The van der Waals surface area contributed by atoms with Crippen LogP contribution in [0.4, 0.5) is 5.69 Å². The summed E-state index contributed by atoms with van der Waals surface area (Å²) >= 11 is 0. The molecule has 1 fully saturated rings. The molecule has 1 aromatic heterocycles. The van der Waals surface area contributed by atoms with Crippen molar-refractivity contribution in [1.29, 1.82) is 0 Å². The first-order valence-corrected chi connectivity index (χ1v) is 11.6. The highest BCUT2D eigenvalue weighted by molar-refractivity contribution is 6.06. The Balaban J connectivity index is 1.46. The molecule has 0 radical (unpaired) electrons. The number of carbonyl (C=O) groups excluding carboxylic acids is 2. The van der Waals surface area contributed by atoms with Crippen molar-refractivity contribution in [3.8, 4) is 0 Å². The summed E-state index contributed by atoms with van der Waals surface area (Å²) in [6, 6.07) is 13.4. The number of fused-ring (bicyclic) bond motifs is 1. The van der Waals surface area contributed by atoms with Gasteiger partial charge < -0.3 is 19.9 Å². The lowest BCUT2D eigenvalue weighted by Gasteiger charge is -2.26. The largest absolute Gasteiger partial charge is 0.379 e. The summed E-state index contributed by atoms with van der Waals surface area (Å²) in [5, 5.41) is 6.95. The van der Waals surface area contributed by atoms with Gasteiger partial charge in [-0.2, -0.15) is 0 Å². The predicted octanol–water partition coefficient (Wildman–Crippen LogP) is 3.59. The first-order chi connectivity index (χ1) is 16.0. The summed E-state index contributed by atoms with van der Waals surface area (Å²) in [6.45, 7) is 11.5. The fourth-order valence-corrected chi connectivity index (χ4v) is 4.21. The molecule has 0 unspecified atom stereocenters. The van der Waals surface area contributed by atoms with Crippen molar-refractivity contribution in [2.45, 2.75) is 27.3 Å². The van der Waals surface area contributed by atoms with Crippen LogP contribution in [0.25, 0.3) is 10.9 Å². The molecule has 33 heavy (non-hydrogen) atoms. The summed E-state index contributed by atoms with van der Waals surface area (Å²) in [4.78, 5) is 27.9. The van der Waals surface area contributed by atoms with E-state index in [0.717, 1.165) is 54.9 Å². The molecule has 0 bridgehead atoms. The van der Waals surface area contributed by atoms with Crippen molar-refractivity contribution in [2.24, 2.45) is 0 Å². The van der Waals surface area contributed by atoms with Gasteiger partial charge in [-0.3, -0.25) is 14.5 Å². The number of aromatic nitrogens is 1. The molecule has 1 aliphatic heterocycles. The number of benzene rings is 2. The number of rotatable bonds is 7. The van der Waals surface area contributed by atoms with E-state index < -0.39 is 0 Å². The molecule has 1 aliphatic rings. The van der Waals surface area contributed by atoms with Gasteiger partial charge in [0, 0.05) is 54.9 Å². The third-order valence-corrected chi connectivity index (χ3v) is 6.29. The van der Waals surface area contributed by atoms with Crippen molar-refractivity contribution < 1.29 is 14.3 Å². The molecule has 1 saturated heterocycles. The molecule has 0 saturated carbocycles. The smallest absolute Gasteiger partial charge is 0.267 e. The minimum absolute atomic E-state index is 0.0815. The number of carbonyl (C=O) groups is 2. The average molecular weight is 449 g/mol. The van der Waals surface area contributed by atoms with Crippen LogP contribution in [0.3, 0.4) is 0 Å². The summed E-state index contributed by atoms with van der Waals surface area (Å²) < 4.78 is 7.38. The Labute approximate surface area is 194 Å². The molecule has 7 nitrogen and oxygen atoms in total. The molecule has 2 amide bonds. The summed E-state index contributed by atoms with van der Waals surface area (Å²) in [6.07, 6.45) is 0. The third kappa shape index (κ3) is 5.26. The number of hydrogen-bond acceptors (Lipinski definition) is 4. The molecule has 3 aromatic rings. The van der Waals surface area contributed by atoms with Crippen molar-refractivity contribution in [3.63, 3.8) is 0 Å². The van der Waals surface area contributed by atoms with Crippen molar-refractivity contribution in [1.82, 2.24) is 14.8 Å². The second kappa shape index (κ2) is 10.2. The summed E-state index contributed by atoms with van der Waals surface area (Å²) in [5.41, 5.74) is 5.18. The zero-order valence-corrected chi connectivity index (χ0v) is 19.6. The molecule has 0 aliphatic carbocycles. The zero-order valence-electron chi connectivity index (χ0n) is 19.6. The number of amides is 2. The number of nitrogens with zero attached hydrogens (tertiary/aromatic N) is 2. The number of hydrogen-bond donors (Lipinski definition) is 2. The van der Waals surface area contributed by atoms with Gasteiger partial charge in [0.25, 0.3) is 11.8 Å². The van der Waals surface area contributed by atoms with E-state index in [2.05, 4.69) is 15.5 Å². The Morgan fingerprint density at radius 1 is 0.970 bits per heavy atom. The quantitative estimate of drug-likeness (QED) is 0.579. The molecule has 7 heteroatoms. The van der Waals surface area contributed by atoms with Crippen LogP contribution < -0.4 is 10.6 Å². The van der Waals surface area contributed by atoms with E-state index in [4.69, 9.17) is 4.74 Å². The number of morpholine rings is 1. The molecular formula is C26H32N4O3. The number of anilines is 1. The van der Waals surface area contributed by atoms with E-state index in [1.807, 2.05) is 67.8 Å². The maximum atomic E-state index is 12.9. The Kier molecular flexibility index (Phi) is 7.11. The van der Waals surface area contributed by atoms with Crippen LogP contribution in [0.2, 0.25) is 0 Å². The van der Waals surface area contributed by atoms with Gasteiger partial charge in [-0.1, -0.05) is 6.07 Å². The Morgan fingerprint density at radius 2 is 1.76 bits per heavy atom. The number of aryl methyl sites for hydroxylation is 3. The molecule has 4 rings (SSSR count). The van der Waals surface area contributed by atoms with Crippen LogP contribution in [0.1, 0.15) is 38.9 Å². The number of nitrogens with one attached hydrogen (secondary N) is 2. The molecule has 174 valence electrons. The van der Waals surface area contributed by atoms with E-state index in [1.54, 1.807) is 0 Å². The van der Waals surface area contributed by atoms with Gasteiger partial charge in [-0.15, -0.1) is 0 Å². The third-order valence-electron chi connectivity index (χ3n) is 6.29. The lowest BCUT2D eigenvalue weighted by molar-refractivity contribution is 0.0383. The van der Waals surface area contributed by atoms with Crippen LogP contribution in [0.15, 0.2) is 42.5 Å². The highest BCUT2D eigenvalue weighted by atomic mass is 16.5. The second-order valence-electron chi connectivity index (χ2n) is 8.51. The first kappa shape index (κ1) is 23.0. The molecule has 2 heterocycles. The van der Waals surface area contributed by atoms with Gasteiger partial charge in [-0.05, 0) is 68.3 Å². The van der Waals surface area contributed by atoms with E-state index >= 15 is 0 Å². The fourth-order valence-electron chi connectivity index (χ4n) is 4.21. The minimum Gasteiger partial charge on any atom is -0.379 e. The van der Waals surface area contributed by atoms with Crippen LogP contribution in [0, 0.1) is 13.8 Å². The molecule has 2 aromatic carbocycles. The van der Waals surface area contributed by atoms with Crippen LogP contribution in [-0.4, -0.2) is 60.7 Å². The molecule has 2 N–H and O–H groups in total. The molecule has 0 spiro atoms. The Hall–Kier alpha value is -3.16. The topological polar surface area (TPSA) is 75.6 Å². The summed E-state index contributed by atoms with van der Waals surface area (Å²) in [5.74, 6) is -0.226. The lowest BCUT2D eigenvalue weighted by atomic mass is 10.1. The van der Waals surface area contributed by atoms with E-state index in [9.17, 15) is 9.59 Å². The van der Waals surface area contributed by atoms with Gasteiger partial charge >= 0.3 is 0 Å². The van der Waals surface area contributed by atoms with Crippen LogP contribution in [-0.2, 0) is 11.3 Å². The normalized spacial score (nSPS) is 14.4. The maximum absolute atomic E-state index is 12.9. The van der Waals surface area contributed by atoms with Gasteiger partial charge in [-0.25, -0.2) is 0 Å². The zero-order chi connectivity index (χ0) is 23.4. The lowest BCUT2D eigenvalue weighted by Crippen LogP contribution is -2.41.